The number of hydrogen-bond donors (Lipinski definition) is 1. The Hall–Kier alpha value is -1.79. The first-order valence-electron chi connectivity index (χ1n) is 7.91. The SMILES string of the molecule is O=S(=O)(NCc1cccc(OC2CCCCC2)c1)c1ccoc1. The van der Waals surface area contributed by atoms with Gasteiger partial charge >= 0.3 is 0 Å². The van der Waals surface area contributed by atoms with E-state index in [0.717, 1.165) is 24.2 Å². The smallest absolute Gasteiger partial charge is 0.244 e. The predicted molar refractivity (Wildman–Crippen MR) is 86.7 cm³/mol. The molecule has 0 spiro atoms. The Kier molecular flexibility index (Phi) is 5.03. The van der Waals surface area contributed by atoms with E-state index in [9.17, 15) is 8.42 Å². The Morgan fingerprint density at radius 1 is 1.17 bits per heavy atom. The Bertz CT molecular complexity index is 719. The molecule has 0 atom stereocenters. The molecule has 1 heterocycles. The number of benzene rings is 1. The standard InChI is InChI=1S/C17H21NO4S/c19-23(20,17-9-10-21-13-17)18-12-14-5-4-8-16(11-14)22-15-6-2-1-3-7-15/h4-5,8-11,13,15,18H,1-3,6-7,12H2. The minimum atomic E-state index is -3.54. The van der Waals surface area contributed by atoms with Gasteiger partial charge in [-0.15, -0.1) is 0 Å². The molecule has 6 heteroatoms. The van der Waals surface area contributed by atoms with E-state index in [1.165, 1.54) is 37.9 Å². The third kappa shape index (κ3) is 4.36. The molecule has 0 bridgehead atoms. The molecule has 0 amide bonds. The van der Waals surface area contributed by atoms with Crippen molar-refractivity contribution in [1.82, 2.24) is 4.72 Å². The quantitative estimate of drug-likeness (QED) is 0.877. The molecule has 124 valence electrons. The second-order valence-corrected chi connectivity index (χ2v) is 7.58. The van der Waals surface area contributed by atoms with Gasteiger partial charge in [-0.25, -0.2) is 13.1 Å². The number of ether oxygens (including phenoxy) is 1. The molecular formula is C17H21NO4S. The van der Waals surface area contributed by atoms with E-state index in [0.29, 0.717) is 0 Å². The van der Waals surface area contributed by atoms with Crippen LogP contribution < -0.4 is 9.46 Å². The van der Waals surface area contributed by atoms with E-state index in [1.54, 1.807) is 0 Å². The highest BCUT2D eigenvalue weighted by Gasteiger charge is 2.16. The molecule has 1 aromatic carbocycles. The summed E-state index contributed by atoms with van der Waals surface area (Å²) in [5.74, 6) is 0.803. The second kappa shape index (κ2) is 7.19. The van der Waals surface area contributed by atoms with Gasteiger partial charge in [-0.1, -0.05) is 18.6 Å². The maximum atomic E-state index is 12.1. The van der Waals surface area contributed by atoms with Crippen molar-refractivity contribution in [2.45, 2.75) is 49.6 Å². The number of rotatable bonds is 6. The number of sulfonamides is 1. The molecule has 0 aliphatic heterocycles. The normalized spacial score (nSPS) is 16.3. The van der Waals surface area contributed by atoms with Crippen LogP contribution in [0.5, 0.6) is 5.75 Å². The summed E-state index contributed by atoms with van der Waals surface area (Å²) in [5.41, 5.74) is 0.866. The van der Waals surface area contributed by atoms with E-state index in [4.69, 9.17) is 9.15 Å². The van der Waals surface area contributed by atoms with Gasteiger partial charge in [-0.05, 0) is 49.4 Å². The molecule has 1 saturated carbocycles. The average Bonchev–Trinajstić information content (AvgIpc) is 3.10. The molecule has 1 fully saturated rings. The lowest BCUT2D eigenvalue weighted by Gasteiger charge is -2.23. The van der Waals surface area contributed by atoms with Gasteiger partial charge in [-0.3, -0.25) is 0 Å². The van der Waals surface area contributed by atoms with Crippen molar-refractivity contribution >= 4 is 10.0 Å². The van der Waals surface area contributed by atoms with Gasteiger partial charge in [-0.2, -0.15) is 0 Å². The summed E-state index contributed by atoms with van der Waals surface area (Å²) < 4.78 is 37.5. The molecule has 23 heavy (non-hydrogen) atoms. The lowest BCUT2D eigenvalue weighted by atomic mass is 9.98. The first-order valence-corrected chi connectivity index (χ1v) is 9.39. The second-order valence-electron chi connectivity index (χ2n) is 5.81. The van der Waals surface area contributed by atoms with Crippen LogP contribution in [-0.2, 0) is 16.6 Å². The van der Waals surface area contributed by atoms with Crippen molar-refractivity contribution in [3.05, 3.63) is 48.4 Å². The van der Waals surface area contributed by atoms with Crippen LogP contribution in [0.1, 0.15) is 37.7 Å². The van der Waals surface area contributed by atoms with Crippen LogP contribution in [0.2, 0.25) is 0 Å². The number of furan rings is 1. The fourth-order valence-electron chi connectivity index (χ4n) is 2.77. The van der Waals surface area contributed by atoms with Crippen molar-refractivity contribution in [3.8, 4) is 5.75 Å². The summed E-state index contributed by atoms with van der Waals surface area (Å²) >= 11 is 0. The molecule has 0 unspecified atom stereocenters. The fraction of sp³-hybridized carbons (Fsp3) is 0.412. The average molecular weight is 335 g/mol. The molecular weight excluding hydrogens is 314 g/mol. The lowest BCUT2D eigenvalue weighted by molar-refractivity contribution is 0.155. The van der Waals surface area contributed by atoms with E-state index >= 15 is 0 Å². The van der Waals surface area contributed by atoms with Crippen molar-refractivity contribution in [2.75, 3.05) is 0 Å². The summed E-state index contributed by atoms with van der Waals surface area (Å²) in [6.07, 6.45) is 8.74. The minimum Gasteiger partial charge on any atom is -0.490 e. The van der Waals surface area contributed by atoms with Crippen molar-refractivity contribution in [2.24, 2.45) is 0 Å². The minimum absolute atomic E-state index is 0.132. The highest BCUT2D eigenvalue weighted by molar-refractivity contribution is 7.89. The number of nitrogens with one attached hydrogen (secondary N) is 1. The fourth-order valence-corrected chi connectivity index (χ4v) is 3.71. The summed E-state index contributed by atoms with van der Waals surface area (Å²) in [4.78, 5) is 0.132. The zero-order valence-electron chi connectivity index (χ0n) is 12.9. The third-order valence-electron chi connectivity index (χ3n) is 4.03. The topological polar surface area (TPSA) is 68.5 Å². The summed E-state index contributed by atoms with van der Waals surface area (Å²) in [6.45, 7) is 0.218. The number of hydrogen-bond acceptors (Lipinski definition) is 4. The van der Waals surface area contributed by atoms with Gasteiger partial charge in [0.1, 0.15) is 16.9 Å². The molecule has 0 saturated heterocycles. The maximum Gasteiger partial charge on any atom is 0.244 e. The molecule has 1 aliphatic carbocycles. The van der Waals surface area contributed by atoms with Crippen molar-refractivity contribution < 1.29 is 17.6 Å². The summed E-state index contributed by atoms with van der Waals surface area (Å²) in [6, 6.07) is 9.01. The first kappa shape index (κ1) is 16.1. The Labute approximate surface area is 136 Å². The van der Waals surface area contributed by atoms with Crippen LogP contribution in [0.4, 0.5) is 0 Å². The predicted octanol–water partition coefficient (Wildman–Crippen LogP) is 3.47. The van der Waals surface area contributed by atoms with E-state index in [1.807, 2.05) is 24.3 Å². The Morgan fingerprint density at radius 3 is 2.74 bits per heavy atom. The van der Waals surface area contributed by atoms with Crippen LogP contribution in [0.25, 0.3) is 0 Å². The monoisotopic (exact) mass is 335 g/mol. The van der Waals surface area contributed by atoms with E-state index < -0.39 is 10.0 Å². The Morgan fingerprint density at radius 2 is 2.00 bits per heavy atom. The van der Waals surface area contributed by atoms with E-state index in [-0.39, 0.29) is 17.5 Å². The molecule has 3 rings (SSSR count). The van der Waals surface area contributed by atoms with Crippen molar-refractivity contribution in [1.29, 1.82) is 0 Å². The maximum absolute atomic E-state index is 12.1. The zero-order chi connectivity index (χ0) is 16.1. The zero-order valence-corrected chi connectivity index (χ0v) is 13.7. The highest BCUT2D eigenvalue weighted by Crippen LogP contribution is 2.24. The van der Waals surface area contributed by atoms with E-state index in [2.05, 4.69) is 4.72 Å². The highest BCUT2D eigenvalue weighted by atomic mass is 32.2. The van der Waals surface area contributed by atoms with Gasteiger partial charge < -0.3 is 9.15 Å². The molecule has 1 aliphatic rings. The van der Waals surface area contributed by atoms with Crippen LogP contribution >= 0.6 is 0 Å². The van der Waals surface area contributed by atoms with Crippen molar-refractivity contribution in [3.63, 3.8) is 0 Å². The van der Waals surface area contributed by atoms with Gasteiger partial charge in [0.25, 0.3) is 0 Å². The first-order chi connectivity index (χ1) is 11.1. The largest absolute Gasteiger partial charge is 0.490 e. The van der Waals surface area contributed by atoms with Crippen LogP contribution in [0.3, 0.4) is 0 Å². The van der Waals surface area contributed by atoms with Crippen LogP contribution in [-0.4, -0.2) is 14.5 Å². The third-order valence-corrected chi connectivity index (χ3v) is 5.40. The van der Waals surface area contributed by atoms with Crippen LogP contribution in [0, 0.1) is 0 Å². The van der Waals surface area contributed by atoms with Gasteiger partial charge in [0.05, 0.1) is 12.4 Å². The van der Waals surface area contributed by atoms with Gasteiger partial charge in [0, 0.05) is 6.54 Å². The summed E-state index contributed by atoms with van der Waals surface area (Å²) in [5, 5.41) is 0. The lowest BCUT2D eigenvalue weighted by Crippen LogP contribution is -2.23. The summed E-state index contributed by atoms with van der Waals surface area (Å²) in [7, 11) is -3.54. The van der Waals surface area contributed by atoms with Gasteiger partial charge in [0.2, 0.25) is 10.0 Å². The Balaban J connectivity index is 1.61. The molecule has 2 aromatic rings. The molecule has 1 N–H and O–H groups in total. The molecule has 0 radical (unpaired) electrons. The molecule has 1 aromatic heterocycles. The van der Waals surface area contributed by atoms with Crippen LogP contribution in [0.15, 0.2) is 52.2 Å². The van der Waals surface area contributed by atoms with Gasteiger partial charge in [0.15, 0.2) is 0 Å². The molecule has 5 nitrogen and oxygen atoms in total.